The van der Waals surface area contributed by atoms with Crippen molar-refractivity contribution >= 4 is 49.6 Å². The Morgan fingerprint density at radius 2 is 1.69 bits per heavy atom. The summed E-state index contributed by atoms with van der Waals surface area (Å²) < 4.78 is 31.2. The molecule has 0 saturated heterocycles. The van der Waals surface area contributed by atoms with Gasteiger partial charge in [-0.05, 0) is 17.5 Å². The first-order valence-electron chi connectivity index (χ1n) is 4.25. The first-order chi connectivity index (χ1) is 7.00. The third-order valence-corrected chi connectivity index (χ3v) is 3.07. The molecule has 0 aliphatic rings. The van der Waals surface area contributed by atoms with Crippen molar-refractivity contribution in [3.05, 3.63) is 36.4 Å². The van der Waals surface area contributed by atoms with Crippen LogP contribution in [0.15, 0.2) is 41.3 Å². The van der Waals surface area contributed by atoms with E-state index in [1.165, 1.54) is 6.07 Å². The zero-order valence-electron chi connectivity index (χ0n) is 10.4. The predicted octanol–water partition coefficient (Wildman–Crippen LogP) is 1.51. The summed E-state index contributed by atoms with van der Waals surface area (Å²) in [6, 6.07) is 9.68. The van der Waals surface area contributed by atoms with Crippen LogP contribution < -0.4 is 5.73 Å². The largest absolute Gasteiger partial charge is 2.00 e. The maximum absolute atomic E-state index is 11.1. The van der Waals surface area contributed by atoms with E-state index in [1.807, 2.05) is 0 Å². The van der Waals surface area contributed by atoms with Gasteiger partial charge >= 0.3 is 23.1 Å². The second kappa shape index (κ2) is 4.58. The molecule has 0 fully saturated rings. The van der Waals surface area contributed by atoms with E-state index in [0.717, 1.165) is 0 Å². The normalized spacial score (nSPS) is 11.1. The SMILES string of the molecule is Nc1cccc2cccc(S(=O)(=O)O)c12.[H-].[H-].[Mg+2]. The van der Waals surface area contributed by atoms with Gasteiger partial charge in [0, 0.05) is 11.1 Å². The molecule has 0 atom stereocenters. The molecule has 2 aromatic rings. The quantitative estimate of drug-likeness (QED) is 0.456. The zero-order chi connectivity index (χ0) is 11.1. The topological polar surface area (TPSA) is 80.4 Å². The Hall–Kier alpha value is -0.824. The van der Waals surface area contributed by atoms with E-state index in [2.05, 4.69) is 0 Å². The van der Waals surface area contributed by atoms with Gasteiger partial charge in [-0.1, -0.05) is 24.3 Å². The fourth-order valence-electron chi connectivity index (χ4n) is 1.55. The van der Waals surface area contributed by atoms with Gasteiger partial charge in [-0.2, -0.15) is 8.42 Å². The van der Waals surface area contributed by atoms with Gasteiger partial charge in [0.2, 0.25) is 0 Å². The van der Waals surface area contributed by atoms with Gasteiger partial charge in [0.1, 0.15) is 4.90 Å². The molecule has 0 unspecified atom stereocenters. The van der Waals surface area contributed by atoms with E-state index in [1.54, 1.807) is 30.3 Å². The van der Waals surface area contributed by atoms with E-state index in [9.17, 15) is 8.42 Å². The molecule has 0 amide bonds. The molecule has 0 saturated carbocycles. The van der Waals surface area contributed by atoms with Crippen LogP contribution in [0.1, 0.15) is 2.85 Å². The average Bonchev–Trinajstić information content (AvgIpc) is 2.16. The molecule has 0 spiro atoms. The molecule has 3 N–H and O–H groups in total. The van der Waals surface area contributed by atoms with Gasteiger partial charge in [0.25, 0.3) is 10.1 Å². The number of hydrogen-bond acceptors (Lipinski definition) is 3. The van der Waals surface area contributed by atoms with Crippen LogP contribution in [0, 0.1) is 0 Å². The summed E-state index contributed by atoms with van der Waals surface area (Å²) in [5.41, 5.74) is 6.01. The fraction of sp³-hybridized carbons (Fsp3) is 0. The Balaban J connectivity index is 0. The van der Waals surface area contributed by atoms with Gasteiger partial charge in [0.15, 0.2) is 0 Å². The first kappa shape index (κ1) is 13.2. The minimum absolute atomic E-state index is 0. The monoisotopic (exact) mass is 249 g/mol. The molecule has 0 bridgehead atoms. The van der Waals surface area contributed by atoms with Crippen LogP contribution in [0.25, 0.3) is 10.8 Å². The molecule has 2 aromatic carbocycles. The van der Waals surface area contributed by atoms with E-state index in [-0.39, 0.29) is 30.8 Å². The summed E-state index contributed by atoms with van der Waals surface area (Å²) >= 11 is 0. The molecule has 16 heavy (non-hydrogen) atoms. The fourth-order valence-corrected chi connectivity index (χ4v) is 2.29. The van der Waals surface area contributed by atoms with Crippen molar-refractivity contribution in [3.63, 3.8) is 0 Å². The summed E-state index contributed by atoms with van der Waals surface area (Å²) in [4.78, 5) is -0.155. The minimum atomic E-state index is -4.23. The Morgan fingerprint density at radius 3 is 2.25 bits per heavy atom. The number of rotatable bonds is 1. The average molecular weight is 250 g/mol. The molecule has 0 radical (unpaired) electrons. The van der Waals surface area contributed by atoms with Crippen molar-refractivity contribution in [1.29, 1.82) is 0 Å². The van der Waals surface area contributed by atoms with E-state index < -0.39 is 10.1 Å². The van der Waals surface area contributed by atoms with Crippen molar-refractivity contribution in [1.82, 2.24) is 0 Å². The van der Waals surface area contributed by atoms with Crippen molar-refractivity contribution in [3.8, 4) is 0 Å². The van der Waals surface area contributed by atoms with E-state index in [4.69, 9.17) is 10.3 Å². The third-order valence-electron chi connectivity index (χ3n) is 2.18. The molecule has 0 aliphatic carbocycles. The maximum atomic E-state index is 11.1. The Labute approximate surface area is 112 Å². The van der Waals surface area contributed by atoms with Crippen LogP contribution in [-0.2, 0) is 10.1 Å². The van der Waals surface area contributed by atoms with Crippen molar-refractivity contribution in [2.75, 3.05) is 5.73 Å². The smallest absolute Gasteiger partial charge is 1.00 e. The number of nitrogen functional groups attached to an aromatic ring is 1. The number of fused-ring (bicyclic) bond motifs is 1. The molecule has 0 aromatic heterocycles. The van der Waals surface area contributed by atoms with Gasteiger partial charge < -0.3 is 8.59 Å². The second-order valence-electron chi connectivity index (χ2n) is 3.18. The molecular weight excluding hydrogens is 238 g/mol. The number of hydrogen-bond donors (Lipinski definition) is 2. The van der Waals surface area contributed by atoms with Crippen LogP contribution in [-0.4, -0.2) is 36.0 Å². The summed E-state index contributed by atoms with van der Waals surface area (Å²) in [5, 5.41) is 1.05. The summed E-state index contributed by atoms with van der Waals surface area (Å²) in [6.45, 7) is 0. The molecule has 82 valence electrons. The van der Waals surface area contributed by atoms with Gasteiger partial charge in [-0.3, -0.25) is 4.55 Å². The van der Waals surface area contributed by atoms with Crippen molar-refractivity contribution < 1.29 is 15.8 Å². The van der Waals surface area contributed by atoms with Gasteiger partial charge in [-0.15, -0.1) is 0 Å². The van der Waals surface area contributed by atoms with Crippen LogP contribution in [0.4, 0.5) is 5.69 Å². The molecule has 2 rings (SSSR count). The summed E-state index contributed by atoms with van der Waals surface area (Å²) in [7, 11) is -4.23. The predicted molar refractivity (Wildman–Crippen MR) is 66.2 cm³/mol. The van der Waals surface area contributed by atoms with Crippen LogP contribution in [0.3, 0.4) is 0 Å². The zero-order valence-corrected chi connectivity index (χ0v) is 10.7. The standard InChI is InChI=1S/C10H9NO3S.Mg.2H/c11-8-5-1-3-7-4-2-6-9(10(7)8)15(12,13)14;;;/h1-6H,11H2,(H,12,13,14);;;/q;+2;2*-1. The molecule has 0 heterocycles. The maximum Gasteiger partial charge on any atom is 2.00 e. The third kappa shape index (κ3) is 2.29. The van der Waals surface area contributed by atoms with Crippen LogP contribution in [0.2, 0.25) is 0 Å². The number of anilines is 1. The molecule has 0 aliphatic heterocycles. The number of benzene rings is 2. The summed E-state index contributed by atoms with van der Waals surface area (Å²) in [5.74, 6) is 0. The van der Waals surface area contributed by atoms with Crippen molar-refractivity contribution in [2.24, 2.45) is 0 Å². The molecule has 4 nitrogen and oxygen atoms in total. The Kier molecular flexibility index (Phi) is 3.79. The molecular formula is C10H11MgNO3S. The number of nitrogens with two attached hydrogens (primary N) is 1. The van der Waals surface area contributed by atoms with Gasteiger partial charge in [0.05, 0.1) is 0 Å². The van der Waals surface area contributed by atoms with Crippen LogP contribution >= 0.6 is 0 Å². The van der Waals surface area contributed by atoms with Crippen molar-refractivity contribution in [2.45, 2.75) is 4.90 Å². The van der Waals surface area contributed by atoms with Gasteiger partial charge in [-0.25, -0.2) is 0 Å². The Bertz CT molecular complexity index is 629. The molecule has 6 heteroatoms. The van der Waals surface area contributed by atoms with E-state index in [0.29, 0.717) is 16.5 Å². The van der Waals surface area contributed by atoms with E-state index >= 15 is 0 Å². The van der Waals surface area contributed by atoms with Crippen LogP contribution in [0.5, 0.6) is 0 Å². The summed E-state index contributed by atoms with van der Waals surface area (Å²) in [6.07, 6.45) is 0. The minimum Gasteiger partial charge on any atom is -1.00 e. The first-order valence-corrected chi connectivity index (χ1v) is 5.69. The Morgan fingerprint density at radius 1 is 1.12 bits per heavy atom. The second-order valence-corrected chi connectivity index (χ2v) is 4.57.